The monoisotopic (exact) mass is 455 g/mol. The summed E-state index contributed by atoms with van der Waals surface area (Å²) in [6.07, 6.45) is -4.81. The van der Waals surface area contributed by atoms with Gasteiger partial charge in [0.2, 0.25) is 0 Å². The van der Waals surface area contributed by atoms with Gasteiger partial charge in [-0.1, -0.05) is 0 Å². The van der Waals surface area contributed by atoms with E-state index < -0.39 is 52.8 Å². The highest BCUT2D eigenvalue weighted by Crippen LogP contribution is 2.35. The first-order valence-electron chi connectivity index (χ1n) is 8.08. The smallest absolute Gasteiger partial charge is 0.416 e. The zero-order valence-electron chi connectivity index (χ0n) is 15.3. The summed E-state index contributed by atoms with van der Waals surface area (Å²) in [6, 6.07) is 4.49. The van der Waals surface area contributed by atoms with Crippen LogP contribution in [0.4, 0.5) is 42.1 Å². The van der Waals surface area contributed by atoms with Gasteiger partial charge in [-0.25, -0.2) is 0 Å². The van der Waals surface area contributed by atoms with Crippen LogP contribution in [0.25, 0.3) is 0 Å². The second kappa shape index (κ2) is 9.49. The molecule has 0 bridgehead atoms. The lowest BCUT2D eigenvalue weighted by Crippen LogP contribution is -2.10. The van der Waals surface area contributed by atoms with Crippen LogP contribution in [-0.2, 0) is 6.18 Å². The van der Waals surface area contributed by atoms with Crippen LogP contribution in [0.1, 0.15) is 18.1 Å². The molecule has 168 valence electrons. The van der Waals surface area contributed by atoms with Gasteiger partial charge in [-0.05, 0) is 31.2 Å². The van der Waals surface area contributed by atoms with Gasteiger partial charge in [-0.2, -0.15) is 35.8 Å². The van der Waals surface area contributed by atoms with Gasteiger partial charge in [0.25, 0.3) is 5.69 Å². The number of nitro benzene ring substituents is 1. The SMILES string of the molecule is CC(=NNc1ccc(C(F)(F)F)cc1[N+](=O)[O-])c1ccc(OC(F)F)cc1OC(F)F. The topological polar surface area (TPSA) is 86.0 Å². The first-order valence-corrected chi connectivity index (χ1v) is 8.08. The Morgan fingerprint density at radius 3 is 2.26 bits per heavy atom. The van der Waals surface area contributed by atoms with E-state index in [-0.39, 0.29) is 11.3 Å². The minimum absolute atomic E-state index is 0.103. The number of alkyl halides is 7. The average Bonchev–Trinajstić information content (AvgIpc) is 2.64. The lowest BCUT2D eigenvalue weighted by atomic mass is 10.1. The van der Waals surface area contributed by atoms with Crippen LogP contribution in [0.3, 0.4) is 0 Å². The van der Waals surface area contributed by atoms with Crippen molar-refractivity contribution in [2.45, 2.75) is 26.3 Å². The normalized spacial score (nSPS) is 12.3. The Balaban J connectivity index is 2.38. The fraction of sp³-hybridized carbons (Fsp3) is 0.235. The summed E-state index contributed by atoms with van der Waals surface area (Å²) in [5.41, 5.74) is -0.643. The number of rotatable bonds is 8. The van der Waals surface area contributed by atoms with Crippen LogP contribution in [0.15, 0.2) is 41.5 Å². The molecule has 0 radical (unpaired) electrons. The van der Waals surface area contributed by atoms with Crippen LogP contribution in [0, 0.1) is 10.1 Å². The maximum atomic E-state index is 12.8. The van der Waals surface area contributed by atoms with Gasteiger partial charge in [0, 0.05) is 17.7 Å². The molecule has 0 saturated heterocycles. The van der Waals surface area contributed by atoms with Crippen molar-refractivity contribution in [2.24, 2.45) is 5.10 Å². The molecule has 2 aromatic carbocycles. The van der Waals surface area contributed by atoms with Gasteiger partial charge in [-0.3, -0.25) is 15.5 Å². The standard InChI is InChI=1S/C17H12F7N3O4/c1-8(11-4-3-10(30-15(18)19)7-14(11)31-16(20)21)25-26-12-5-2-9(17(22,23)24)6-13(12)27(28)29/h2-7,15-16,26H,1H3. The van der Waals surface area contributed by atoms with Gasteiger partial charge >= 0.3 is 19.4 Å². The molecule has 0 aliphatic heterocycles. The summed E-state index contributed by atoms with van der Waals surface area (Å²) in [6.45, 7) is -5.29. The van der Waals surface area contributed by atoms with Gasteiger partial charge in [0.1, 0.15) is 17.2 Å². The molecule has 14 heteroatoms. The van der Waals surface area contributed by atoms with Gasteiger partial charge in [-0.15, -0.1) is 0 Å². The number of halogens is 7. The van der Waals surface area contributed by atoms with E-state index in [0.717, 1.165) is 24.3 Å². The van der Waals surface area contributed by atoms with E-state index in [1.54, 1.807) is 0 Å². The number of hydrazone groups is 1. The zero-order chi connectivity index (χ0) is 23.3. The maximum Gasteiger partial charge on any atom is 0.416 e. The Bertz CT molecular complexity index is 981. The Morgan fingerprint density at radius 1 is 1.06 bits per heavy atom. The van der Waals surface area contributed by atoms with Crippen molar-refractivity contribution in [3.8, 4) is 11.5 Å². The molecule has 0 spiro atoms. The number of nitro groups is 1. The van der Waals surface area contributed by atoms with Crippen molar-refractivity contribution in [2.75, 3.05) is 5.43 Å². The fourth-order valence-electron chi connectivity index (χ4n) is 2.33. The summed E-state index contributed by atoms with van der Waals surface area (Å²) in [7, 11) is 0. The molecule has 0 aromatic heterocycles. The number of hydrogen-bond acceptors (Lipinski definition) is 6. The molecule has 0 amide bonds. The molecule has 31 heavy (non-hydrogen) atoms. The van der Waals surface area contributed by atoms with Crippen LogP contribution < -0.4 is 14.9 Å². The second-order valence-corrected chi connectivity index (χ2v) is 5.71. The van der Waals surface area contributed by atoms with Crippen molar-refractivity contribution in [1.29, 1.82) is 0 Å². The summed E-state index contributed by atoms with van der Waals surface area (Å²) in [5.74, 6) is -1.06. The van der Waals surface area contributed by atoms with E-state index in [1.807, 2.05) is 0 Å². The van der Waals surface area contributed by atoms with Gasteiger partial charge < -0.3 is 9.47 Å². The van der Waals surface area contributed by atoms with Crippen LogP contribution in [0.2, 0.25) is 0 Å². The number of hydrogen-bond donors (Lipinski definition) is 1. The molecule has 0 aliphatic rings. The number of ether oxygens (including phenoxy) is 2. The lowest BCUT2D eigenvalue weighted by molar-refractivity contribution is -0.384. The highest BCUT2D eigenvalue weighted by Gasteiger charge is 2.33. The van der Waals surface area contributed by atoms with E-state index in [9.17, 15) is 40.8 Å². The van der Waals surface area contributed by atoms with Crippen LogP contribution in [0.5, 0.6) is 11.5 Å². The molecule has 0 fully saturated rings. The summed E-state index contributed by atoms with van der Waals surface area (Å²) >= 11 is 0. The molecule has 2 aromatic rings. The molecular weight excluding hydrogens is 443 g/mol. The van der Waals surface area contributed by atoms with Crippen molar-refractivity contribution < 1.29 is 45.1 Å². The molecule has 0 atom stereocenters. The molecule has 2 rings (SSSR count). The first-order chi connectivity index (χ1) is 14.4. The van der Waals surface area contributed by atoms with E-state index in [1.165, 1.54) is 6.92 Å². The van der Waals surface area contributed by atoms with Crippen molar-refractivity contribution in [3.05, 3.63) is 57.6 Å². The zero-order valence-corrected chi connectivity index (χ0v) is 15.3. The van der Waals surface area contributed by atoms with E-state index in [0.29, 0.717) is 12.1 Å². The number of benzene rings is 2. The molecule has 0 aliphatic carbocycles. The quantitative estimate of drug-likeness (QED) is 0.241. The lowest BCUT2D eigenvalue weighted by Gasteiger charge is -2.13. The predicted octanol–water partition coefficient (Wildman–Crippen LogP) is 5.65. The molecule has 7 nitrogen and oxygen atoms in total. The third-order valence-electron chi connectivity index (χ3n) is 3.65. The third-order valence-corrected chi connectivity index (χ3v) is 3.65. The van der Waals surface area contributed by atoms with Crippen molar-refractivity contribution >= 4 is 17.1 Å². The predicted molar refractivity (Wildman–Crippen MR) is 93.6 cm³/mol. The highest BCUT2D eigenvalue weighted by atomic mass is 19.4. The second-order valence-electron chi connectivity index (χ2n) is 5.71. The third kappa shape index (κ3) is 6.45. The van der Waals surface area contributed by atoms with Crippen LogP contribution >= 0.6 is 0 Å². The molecule has 1 N–H and O–H groups in total. The van der Waals surface area contributed by atoms with E-state index in [4.69, 9.17) is 0 Å². The molecular formula is C17H12F7N3O4. The van der Waals surface area contributed by atoms with Crippen LogP contribution in [-0.4, -0.2) is 23.9 Å². The number of nitrogens with one attached hydrogen (secondary N) is 1. The number of anilines is 1. The largest absolute Gasteiger partial charge is 0.435 e. The molecule has 0 heterocycles. The van der Waals surface area contributed by atoms with Crippen molar-refractivity contribution in [3.63, 3.8) is 0 Å². The number of nitrogens with zero attached hydrogens (tertiary/aromatic N) is 2. The average molecular weight is 455 g/mol. The highest BCUT2D eigenvalue weighted by molar-refractivity contribution is 6.01. The summed E-state index contributed by atoms with van der Waals surface area (Å²) in [5, 5.41) is 14.8. The minimum Gasteiger partial charge on any atom is -0.435 e. The van der Waals surface area contributed by atoms with Gasteiger partial charge in [0.15, 0.2) is 0 Å². The van der Waals surface area contributed by atoms with E-state index in [2.05, 4.69) is 20.0 Å². The summed E-state index contributed by atoms with van der Waals surface area (Å²) < 4.78 is 96.6. The minimum atomic E-state index is -4.81. The Hall–Kier alpha value is -3.58. The van der Waals surface area contributed by atoms with Gasteiger partial charge in [0.05, 0.1) is 16.2 Å². The Morgan fingerprint density at radius 2 is 1.71 bits per heavy atom. The summed E-state index contributed by atoms with van der Waals surface area (Å²) in [4.78, 5) is 10.0. The maximum absolute atomic E-state index is 12.8. The molecule has 0 saturated carbocycles. The Labute approximate surface area is 169 Å². The fourth-order valence-corrected chi connectivity index (χ4v) is 2.33. The molecule has 0 unspecified atom stereocenters. The van der Waals surface area contributed by atoms with E-state index >= 15 is 0 Å². The van der Waals surface area contributed by atoms with Crippen molar-refractivity contribution in [1.82, 2.24) is 0 Å². The Kier molecular flexibility index (Phi) is 7.25. The first kappa shape index (κ1) is 23.7.